The van der Waals surface area contributed by atoms with Crippen molar-refractivity contribution in [1.29, 1.82) is 0 Å². The van der Waals surface area contributed by atoms with E-state index in [2.05, 4.69) is 10.2 Å². The first-order chi connectivity index (χ1) is 16.5. The summed E-state index contributed by atoms with van der Waals surface area (Å²) in [5.74, 6) is -1.01. The van der Waals surface area contributed by atoms with Gasteiger partial charge in [0, 0.05) is 5.75 Å². The van der Waals surface area contributed by atoms with E-state index in [1.807, 2.05) is 36.4 Å². The fourth-order valence-corrected chi connectivity index (χ4v) is 4.07. The summed E-state index contributed by atoms with van der Waals surface area (Å²) in [4.78, 5) is 42.5. The molecule has 0 aliphatic rings. The van der Waals surface area contributed by atoms with Gasteiger partial charge in [0.15, 0.2) is 5.12 Å². The van der Waals surface area contributed by atoms with E-state index < -0.39 is 34.6 Å². The monoisotopic (exact) mass is 508 g/mol. The minimum atomic E-state index is -1.50. The van der Waals surface area contributed by atoms with E-state index in [9.17, 15) is 19.6 Å². The lowest BCUT2D eigenvalue weighted by Gasteiger charge is -2.26. The molecule has 0 aromatic heterocycles. The Balaban J connectivity index is 2.08. The maximum absolute atomic E-state index is 12.9. The van der Waals surface area contributed by atoms with Gasteiger partial charge in [0.25, 0.3) is 0 Å². The van der Waals surface area contributed by atoms with Crippen LogP contribution in [-0.2, 0) is 24.0 Å². The highest BCUT2D eigenvalue weighted by Gasteiger charge is 2.34. The van der Waals surface area contributed by atoms with Crippen LogP contribution >= 0.6 is 11.8 Å². The van der Waals surface area contributed by atoms with Crippen LogP contribution < -0.4 is 15.4 Å². The van der Waals surface area contributed by atoms with Gasteiger partial charge in [0.2, 0.25) is 5.91 Å². The number of esters is 1. The highest BCUT2D eigenvalue weighted by molar-refractivity contribution is 8.13. The lowest BCUT2D eigenvalue weighted by Crippen LogP contribution is -3.03. The number of fused-ring (bicyclic) bond motifs is 1. The summed E-state index contributed by atoms with van der Waals surface area (Å²) in [6.45, 7) is 6.11. The van der Waals surface area contributed by atoms with Gasteiger partial charge in [-0.15, -0.1) is 0 Å². The Kier molecular flexibility index (Phi) is 10.5. The lowest BCUT2D eigenvalue weighted by molar-refractivity contribution is -1.21. The molecule has 1 amide bonds. The van der Waals surface area contributed by atoms with Crippen LogP contribution in [0.1, 0.15) is 39.2 Å². The number of thioether (sulfide) groups is 1. The molecule has 10 nitrogen and oxygen atoms in total. The highest BCUT2D eigenvalue weighted by atomic mass is 32.2. The molecule has 0 saturated carbocycles. The molecule has 1 unspecified atom stereocenters. The van der Waals surface area contributed by atoms with Crippen LogP contribution in [0.25, 0.3) is 10.8 Å². The summed E-state index contributed by atoms with van der Waals surface area (Å²) in [7, 11) is 1.60. The van der Waals surface area contributed by atoms with E-state index in [-0.39, 0.29) is 24.1 Å². The normalized spacial score (nSPS) is 14.1. The first-order valence-corrected chi connectivity index (χ1v) is 12.0. The number of carbonyl (C=O) groups is 3. The van der Waals surface area contributed by atoms with Crippen LogP contribution in [0.15, 0.2) is 36.4 Å². The van der Waals surface area contributed by atoms with Gasteiger partial charge in [-0.2, -0.15) is 10.0 Å². The first kappa shape index (κ1) is 28.5. The summed E-state index contributed by atoms with van der Waals surface area (Å²) in [6.07, 6.45) is 0. The molecule has 3 N–H and O–H groups in total. The number of carbonyl (C=O) groups excluding carboxylic acids is 3. The summed E-state index contributed by atoms with van der Waals surface area (Å²) >= 11 is 0.924. The molecule has 0 radical (unpaired) electrons. The van der Waals surface area contributed by atoms with Crippen LogP contribution in [-0.4, -0.2) is 54.3 Å². The maximum atomic E-state index is 12.9. The molecular weight excluding hydrogens is 476 g/mol. The highest BCUT2D eigenvalue weighted by Crippen LogP contribution is 2.28. The van der Waals surface area contributed by atoms with Gasteiger partial charge in [-0.3, -0.25) is 9.59 Å². The zero-order valence-electron chi connectivity index (χ0n) is 20.5. The Hall–Kier alpha value is -2.70. The Morgan fingerprint density at radius 1 is 1.17 bits per heavy atom. The fraction of sp³-hybridized carbons (Fsp3) is 0.458. The van der Waals surface area contributed by atoms with Gasteiger partial charge in [0.05, 0.1) is 25.0 Å². The van der Waals surface area contributed by atoms with Crippen LogP contribution in [0.2, 0.25) is 0 Å². The van der Waals surface area contributed by atoms with Crippen LogP contribution in [0.4, 0.5) is 0 Å². The molecular formula is C24H32N2O8S. The molecule has 192 valence electrons. The third-order valence-corrected chi connectivity index (χ3v) is 6.50. The van der Waals surface area contributed by atoms with Crippen molar-refractivity contribution in [1.82, 2.24) is 5.32 Å². The average molecular weight is 509 g/mol. The van der Waals surface area contributed by atoms with E-state index >= 15 is 0 Å². The maximum Gasteiger partial charge on any atom is 0.329 e. The molecule has 2 aromatic rings. The minimum Gasteiger partial charge on any atom is -0.566 e. The lowest BCUT2D eigenvalue weighted by atomic mass is 9.93. The quantitative estimate of drug-likeness (QED) is 0.290. The van der Waals surface area contributed by atoms with E-state index in [0.29, 0.717) is 0 Å². The predicted octanol–water partition coefficient (Wildman–Crippen LogP) is 1.99. The number of rotatable bonds is 12. The van der Waals surface area contributed by atoms with Crippen LogP contribution in [0.3, 0.4) is 0 Å². The summed E-state index contributed by atoms with van der Waals surface area (Å²) < 4.78 is 10.3. The molecule has 0 saturated heterocycles. The standard InChI is InChI=1S/C24H32N2O8S/c1-6-33-21(27)20(25-23(29)24(3,4)14-34-26(30)31)13-35-22(28)15(2)16-7-8-18-12-19(32-5)10-9-17(18)11-16/h7-12,15,20,26,30H,6,13-14H2,1-5H3,(H,25,29)/t15-,20+/m0/s1. The zero-order chi connectivity index (χ0) is 26.2. The van der Waals surface area contributed by atoms with Crippen LogP contribution in [0.5, 0.6) is 5.75 Å². The number of amides is 1. The number of hydrogen-bond acceptors (Lipinski definition) is 9. The van der Waals surface area contributed by atoms with Crippen molar-refractivity contribution in [2.45, 2.75) is 39.7 Å². The second-order valence-electron chi connectivity index (χ2n) is 8.54. The third-order valence-electron chi connectivity index (χ3n) is 5.36. The molecule has 2 aromatic carbocycles. The number of hydrogen-bond donors (Lipinski definition) is 3. The Morgan fingerprint density at radius 2 is 1.83 bits per heavy atom. The van der Waals surface area contributed by atoms with Gasteiger partial charge in [-0.25, -0.2) is 4.79 Å². The molecule has 2 rings (SSSR count). The summed E-state index contributed by atoms with van der Waals surface area (Å²) in [5.41, 5.74) is -0.400. The zero-order valence-corrected chi connectivity index (χ0v) is 21.3. The van der Waals surface area contributed by atoms with E-state index in [1.165, 1.54) is 13.8 Å². The second-order valence-corrected chi connectivity index (χ2v) is 9.57. The van der Waals surface area contributed by atoms with Gasteiger partial charge in [0.1, 0.15) is 18.4 Å². The van der Waals surface area contributed by atoms with Crippen molar-refractivity contribution < 1.29 is 39.3 Å². The van der Waals surface area contributed by atoms with Gasteiger partial charge < -0.3 is 20.0 Å². The predicted molar refractivity (Wildman–Crippen MR) is 131 cm³/mol. The van der Waals surface area contributed by atoms with Crippen LogP contribution in [0, 0.1) is 10.6 Å². The Labute approximate surface area is 208 Å². The SMILES string of the molecule is CCOC(=O)[C@@H](CSC(=O)[C@@H](C)c1ccc2cc(OC)ccc2c1)NC(=O)C(C)(C)CO[NH+]([O-])O. The largest absolute Gasteiger partial charge is 0.566 e. The van der Waals surface area contributed by atoms with E-state index in [0.717, 1.165) is 33.8 Å². The molecule has 0 bridgehead atoms. The summed E-state index contributed by atoms with van der Waals surface area (Å²) in [6, 6.07) is 10.3. The van der Waals surface area contributed by atoms with Crippen molar-refractivity contribution in [2.24, 2.45) is 5.41 Å². The second kappa shape index (κ2) is 12.8. The van der Waals surface area contributed by atoms with Crippen molar-refractivity contribution >= 4 is 39.5 Å². The van der Waals surface area contributed by atoms with Gasteiger partial charge in [-0.05, 0) is 49.2 Å². The number of nitrogens with one attached hydrogen (secondary N) is 2. The fourth-order valence-electron chi connectivity index (χ4n) is 3.14. The molecule has 0 heterocycles. The molecule has 0 fully saturated rings. The molecule has 0 aliphatic carbocycles. The van der Waals surface area contributed by atoms with Crippen molar-refractivity contribution in [2.75, 3.05) is 26.1 Å². The average Bonchev–Trinajstić information content (AvgIpc) is 2.83. The van der Waals surface area contributed by atoms with Gasteiger partial charge in [-0.1, -0.05) is 48.3 Å². The molecule has 0 aliphatic heterocycles. The van der Waals surface area contributed by atoms with E-state index in [1.54, 1.807) is 21.0 Å². The molecule has 35 heavy (non-hydrogen) atoms. The van der Waals surface area contributed by atoms with E-state index in [4.69, 9.17) is 14.7 Å². The molecule has 3 atom stereocenters. The van der Waals surface area contributed by atoms with Gasteiger partial charge >= 0.3 is 5.97 Å². The summed E-state index contributed by atoms with van der Waals surface area (Å²) in [5, 5.41) is 22.2. The topological polar surface area (TPSA) is 139 Å². The number of methoxy groups -OCH3 is 1. The van der Waals surface area contributed by atoms with Crippen molar-refractivity contribution in [3.05, 3.63) is 47.2 Å². The Bertz CT molecular complexity index is 1040. The first-order valence-electron chi connectivity index (χ1n) is 11.1. The smallest absolute Gasteiger partial charge is 0.329 e. The number of quaternary nitrogens is 1. The number of ether oxygens (including phenoxy) is 2. The molecule has 0 spiro atoms. The third kappa shape index (κ3) is 8.18. The number of benzene rings is 2. The molecule has 11 heteroatoms. The van der Waals surface area contributed by atoms with Crippen molar-refractivity contribution in [3.63, 3.8) is 0 Å². The Morgan fingerprint density at radius 3 is 2.46 bits per heavy atom. The van der Waals surface area contributed by atoms with Crippen molar-refractivity contribution in [3.8, 4) is 5.75 Å². The minimum absolute atomic E-state index is 0.0333.